The highest BCUT2D eigenvalue weighted by Crippen LogP contribution is 2.39. The molecule has 0 spiro atoms. The van der Waals surface area contributed by atoms with E-state index in [1.807, 2.05) is 27.7 Å². The van der Waals surface area contributed by atoms with Crippen LogP contribution in [0.4, 0.5) is 0 Å². The van der Waals surface area contributed by atoms with Crippen LogP contribution in [0.1, 0.15) is 67.2 Å². The number of rotatable bonds is 4. The summed E-state index contributed by atoms with van der Waals surface area (Å²) in [6.45, 7) is 11.2. The molecule has 2 aliphatic carbocycles. The average Bonchev–Trinajstić information content (AvgIpc) is 2.31. The molecule has 2 aliphatic rings. The molecule has 4 heteroatoms. The Hall–Kier alpha value is -0.740. The highest BCUT2D eigenvalue weighted by atomic mass is 16.3. The second-order valence-corrected chi connectivity index (χ2v) is 8.32. The van der Waals surface area contributed by atoms with Crippen molar-refractivity contribution in [1.82, 2.24) is 0 Å². The molecule has 0 unspecified atom stereocenters. The molecule has 2 fully saturated rings. The van der Waals surface area contributed by atoms with Crippen molar-refractivity contribution in [2.75, 3.05) is 0 Å². The first-order valence-electron chi connectivity index (χ1n) is 8.37. The van der Waals surface area contributed by atoms with Crippen LogP contribution in [0.2, 0.25) is 0 Å². The molecule has 4 nitrogen and oxygen atoms in total. The van der Waals surface area contributed by atoms with E-state index in [0.717, 1.165) is 0 Å². The van der Waals surface area contributed by atoms with Crippen LogP contribution >= 0.6 is 0 Å². The van der Waals surface area contributed by atoms with Gasteiger partial charge in [-0.15, -0.1) is 0 Å². The lowest BCUT2D eigenvalue weighted by atomic mass is 9.68. The molecule has 0 atom stereocenters. The van der Waals surface area contributed by atoms with Crippen molar-refractivity contribution in [1.29, 1.82) is 0 Å². The molecule has 0 heterocycles. The molecule has 0 bridgehead atoms. The minimum atomic E-state index is -0.560. The second-order valence-electron chi connectivity index (χ2n) is 8.32. The fourth-order valence-corrected chi connectivity index (χ4v) is 3.35. The first kappa shape index (κ1) is 19.3. The molecular formula is C18H32O4. The monoisotopic (exact) mass is 312 g/mol. The van der Waals surface area contributed by atoms with Gasteiger partial charge in [0.2, 0.25) is 0 Å². The Morgan fingerprint density at radius 3 is 1.14 bits per heavy atom. The molecule has 0 amide bonds. The van der Waals surface area contributed by atoms with E-state index < -0.39 is 11.2 Å². The third-order valence-electron chi connectivity index (χ3n) is 4.69. The highest BCUT2D eigenvalue weighted by Gasteiger charge is 2.43. The standard InChI is InChI=1S/2C9H16O2/c2*1-6(2)8(10)7-4-9(3,11)5-7/h2*6-7,11H,4-5H2,1-3H3. The predicted molar refractivity (Wildman–Crippen MR) is 86.4 cm³/mol. The van der Waals surface area contributed by atoms with Gasteiger partial charge in [0.1, 0.15) is 11.6 Å². The van der Waals surface area contributed by atoms with Crippen LogP contribution in [0.15, 0.2) is 0 Å². The maximum Gasteiger partial charge on any atom is 0.138 e. The first-order valence-corrected chi connectivity index (χ1v) is 8.37. The van der Waals surface area contributed by atoms with Crippen molar-refractivity contribution in [3.8, 4) is 0 Å². The van der Waals surface area contributed by atoms with E-state index in [1.54, 1.807) is 13.8 Å². The van der Waals surface area contributed by atoms with Crippen molar-refractivity contribution in [2.45, 2.75) is 78.4 Å². The van der Waals surface area contributed by atoms with Crippen LogP contribution in [-0.4, -0.2) is 33.0 Å². The molecule has 2 saturated carbocycles. The maximum atomic E-state index is 11.3. The Bertz CT molecular complexity index is 365. The summed E-state index contributed by atoms with van der Waals surface area (Å²) in [6, 6.07) is 0. The third-order valence-corrected chi connectivity index (χ3v) is 4.69. The van der Waals surface area contributed by atoms with Gasteiger partial charge >= 0.3 is 0 Å². The van der Waals surface area contributed by atoms with Crippen molar-refractivity contribution in [3.63, 3.8) is 0 Å². The average molecular weight is 312 g/mol. The van der Waals surface area contributed by atoms with Crippen molar-refractivity contribution in [3.05, 3.63) is 0 Å². The van der Waals surface area contributed by atoms with Gasteiger partial charge in [0.05, 0.1) is 11.2 Å². The molecule has 0 radical (unpaired) electrons. The molecule has 0 aromatic rings. The molecule has 0 aliphatic heterocycles. The van der Waals surface area contributed by atoms with Gasteiger partial charge in [-0.2, -0.15) is 0 Å². The zero-order valence-corrected chi connectivity index (χ0v) is 14.8. The lowest BCUT2D eigenvalue weighted by molar-refractivity contribution is -0.140. The molecule has 0 saturated heterocycles. The Morgan fingerprint density at radius 2 is 1.00 bits per heavy atom. The molecule has 2 N–H and O–H groups in total. The lowest BCUT2D eigenvalue weighted by Crippen LogP contribution is -2.45. The van der Waals surface area contributed by atoms with Gasteiger partial charge in [-0.05, 0) is 39.5 Å². The first-order chi connectivity index (χ1) is 9.84. The van der Waals surface area contributed by atoms with Crippen LogP contribution in [-0.2, 0) is 9.59 Å². The smallest absolute Gasteiger partial charge is 0.138 e. The zero-order valence-electron chi connectivity index (χ0n) is 14.8. The van der Waals surface area contributed by atoms with Gasteiger partial charge < -0.3 is 10.2 Å². The second kappa shape index (κ2) is 6.79. The Morgan fingerprint density at radius 1 is 0.773 bits per heavy atom. The van der Waals surface area contributed by atoms with Gasteiger partial charge in [0.25, 0.3) is 0 Å². The van der Waals surface area contributed by atoms with Crippen LogP contribution < -0.4 is 0 Å². The summed E-state index contributed by atoms with van der Waals surface area (Å²) in [5.41, 5.74) is -1.12. The van der Waals surface area contributed by atoms with Crippen LogP contribution in [0.3, 0.4) is 0 Å². The lowest BCUT2D eigenvalue weighted by Gasteiger charge is -2.40. The third kappa shape index (κ3) is 5.17. The molecule has 0 aromatic heterocycles. The SMILES string of the molecule is CC(C)C(=O)C1CC(C)(O)C1.CC(C)C(=O)C1CC(C)(O)C1. The number of hydrogen-bond acceptors (Lipinski definition) is 4. The summed E-state index contributed by atoms with van der Waals surface area (Å²) in [7, 11) is 0. The minimum absolute atomic E-state index is 0.121. The van der Waals surface area contributed by atoms with E-state index in [-0.39, 0.29) is 23.7 Å². The van der Waals surface area contributed by atoms with Crippen molar-refractivity contribution in [2.24, 2.45) is 23.7 Å². The number of carbonyl (C=O) groups excluding carboxylic acids is 2. The number of carbonyl (C=O) groups is 2. The Kier molecular flexibility index (Phi) is 5.96. The van der Waals surface area contributed by atoms with Crippen LogP contribution in [0.25, 0.3) is 0 Å². The molecular weight excluding hydrogens is 280 g/mol. The maximum absolute atomic E-state index is 11.3. The van der Waals surface area contributed by atoms with Gasteiger partial charge in [-0.3, -0.25) is 9.59 Å². The quantitative estimate of drug-likeness (QED) is 0.837. The Balaban J connectivity index is 0.000000220. The summed E-state index contributed by atoms with van der Waals surface area (Å²) in [5.74, 6) is 1.11. The zero-order chi connectivity index (χ0) is 17.3. The number of aliphatic hydroxyl groups is 2. The summed E-state index contributed by atoms with van der Waals surface area (Å²) in [6.07, 6.45) is 2.63. The van der Waals surface area contributed by atoms with Crippen LogP contribution in [0.5, 0.6) is 0 Å². The van der Waals surface area contributed by atoms with Crippen LogP contribution in [0, 0.1) is 23.7 Å². The fraction of sp³-hybridized carbons (Fsp3) is 0.889. The molecule has 2 rings (SSSR count). The Labute approximate surface area is 134 Å². The molecule has 0 aromatic carbocycles. The summed E-state index contributed by atoms with van der Waals surface area (Å²) in [5, 5.41) is 18.7. The summed E-state index contributed by atoms with van der Waals surface area (Å²) >= 11 is 0. The minimum Gasteiger partial charge on any atom is -0.390 e. The fourth-order valence-electron chi connectivity index (χ4n) is 3.35. The van der Waals surface area contributed by atoms with Gasteiger partial charge in [-0.25, -0.2) is 0 Å². The van der Waals surface area contributed by atoms with E-state index in [1.165, 1.54) is 0 Å². The van der Waals surface area contributed by atoms with Gasteiger partial charge in [0, 0.05) is 23.7 Å². The predicted octanol–water partition coefficient (Wildman–Crippen LogP) is 2.75. The van der Waals surface area contributed by atoms with Gasteiger partial charge in [0.15, 0.2) is 0 Å². The molecule has 22 heavy (non-hydrogen) atoms. The number of Topliss-reactive ketones (excluding diaryl/α,β-unsaturated/α-hetero) is 2. The summed E-state index contributed by atoms with van der Waals surface area (Å²) < 4.78 is 0. The largest absolute Gasteiger partial charge is 0.390 e. The number of hydrogen-bond donors (Lipinski definition) is 2. The normalized spacial score (nSPS) is 37.0. The summed E-state index contributed by atoms with van der Waals surface area (Å²) in [4.78, 5) is 22.6. The highest BCUT2D eigenvalue weighted by molar-refractivity contribution is 5.84. The van der Waals surface area contributed by atoms with Crippen molar-refractivity contribution < 1.29 is 19.8 Å². The molecule has 128 valence electrons. The van der Waals surface area contributed by atoms with E-state index >= 15 is 0 Å². The van der Waals surface area contributed by atoms with Crippen molar-refractivity contribution >= 4 is 11.6 Å². The van der Waals surface area contributed by atoms with E-state index in [0.29, 0.717) is 37.2 Å². The van der Waals surface area contributed by atoms with E-state index in [4.69, 9.17) is 0 Å². The number of ketones is 2. The van der Waals surface area contributed by atoms with Gasteiger partial charge in [-0.1, -0.05) is 27.7 Å². The topological polar surface area (TPSA) is 74.6 Å². The van der Waals surface area contributed by atoms with E-state index in [2.05, 4.69) is 0 Å². The van der Waals surface area contributed by atoms with E-state index in [9.17, 15) is 19.8 Å².